The molecule has 55 heavy (non-hydrogen) atoms. The number of allylic oxidation sites excluding steroid dienone is 6. The molecule has 0 radical (unpaired) electrons. The molecule has 0 bridgehead atoms. The van der Waals surface area contributed by atoms with Gasteiger partial charge in [0, 0.05) is 52.7 Å². The first-order chi connectivity index (χ1) is 27.0. The molecule has 3 aromatic heterocycles. The van der Waals surface area contributed by atoms with Crippen LogP contribution in [-0.4, -0.2) is 21.5 Å². The number of furan rings is 1. The number of aromatic nitrogens is 3. The Labute approximate surface area is 321 Å². The van der Waals surface area contributed by atoms with Crippen LogP contribution in [0, 0.1) is 0 Å². The van der Waals surface area contributed by atoms with Gasteiger partial charge >= 0.3 is 0 Å². The highest BCUT2D eigenvalue weighted by molar-refractivity contribution is 7.74. The van der Waals surface area contributed by atoms with Gasteiger partial charge < -0.3 is 19.3 Å². The standard InChI is InChI=1S/C46H40N7OP/c1-49-28-34(44-46(49)50(2)29-47-44)30-22-24-39-41(26-30)52(40-21-13-12-20-38(40)51(39)3)43-27-33-42(54-43)25-23-36-45(33)53(37-19-11-10-18-35(37)48-36)55(31-14-6-4-7-15-31)32-16-8-5-9-17-32/h4-11,13-19,21-25,27-30,48H,12,20,26H2,1-3H3/p+1. The number of benzene rings is 4. The van der Waals surface area contributed by atoms with Gasteiger partial charge in [0.1, 0.15) is 5.58 Å². The van der Waals surface area contributed by atoms with Crippen LogP contribution in [0.3, 0.4) is 0 Å². The second kappa shape index (κ2) is 12.4. The zero-order chi connectivity index (χ0) is 36.8. The predicted octanol–water partition coefficient (Wildman–Crippen LogP) is 9.59. The average Bonchev–Trinajstić information content (AvgIpc) is 3.93. The summed E-state index contributed by atoms with van der Waals surface area (Å²) < 4.78 is 14.0. The number of aromatic amines is 1. The van der Waals surface area contributed by atoms with Gasteiger partial charge in [-0.15, -0.1) is 0 Å². The number of hydrogen-bond donors (Lipinski definition) is 2. The number of nitrogens with one attached hydrogen (secondary N) is 2. The number of rotatable bonds is 5. The number of nitrogens with zero attached hydrogens (tertiary/aromatic N) is 5. The summed E-state index contributed by atoms with van der Waals surface area (Å²) in [5, 5.41) is 7.47. The largest absolute Gasteiger partial charge is 0.440 e. The maximum absolute atomic E-state index is 7.07. The van der Waals surface area contributed by atoms with E-state index in [0.717, 1.165) is 58.9 Å². The number of imidazole rings is 1. The Balaban J connectivity index is 1.10. The smallest absolute Gasteiger partial charge is 0.267 e. The predicted molar refractivity (Wildman–Crippen MR) is 225 cm³/mol. The second-order valence-electron chi connectivity index (χ2n) is 14.8. The van der Waals surface area contributed by atoms with Gasteiger partial charge in [-0.1, -0.05) is 84.9 Å². The van der Waals surface area contributed by atoms with Gasteiger partial charge in [0.15, 0.2) is 11.8 Å². The molecule has 8 nitrogen and oxygen atoms in total. The molecule has 270 valence electrons. The lowest BCUT2D eigenvalue weighted by Gasteiger charge is -2.42. The molecule has 4 aliphatic rings. The lowest BCUT2D eigenvalue weighted by atomic mass is 9.87. The third-order valence-corrected chi connectivity index (χ3v) is 14.0. The highest BCUT2D eigenvalue weighted by Crippen LogP contribution is 2.58. The maximum Gasteiger partial charge on any atom is 0.267 e. The van der Waals surface area contributed by atoms with E-state index in [1.54, 1.807) is 0 Å². The van der Waals surface area contributed by atoms with Crippen LogP contribution in [0.15, 0.2) is 167 Å². The van der Waals surface area contributed by atoms with E-state index in [1.807, 2.05) is 6.33 Å². The summed E-state index contributed by atoms with van der Waals surface area (Å²) in [5.41, 5.74) is 14.0. The van der Waals surface area contributed by atoms with Crippen molar-refractivity contribution in [1.82, 2.24) is 14.5 Å². The highest BCUT2D eigenvalue weighted by atomic mass is 31.1. The van der Waals surface area contributed by atoms with Crippen LogP contribution >= 0.6 is 8.07 Å². The molecule has 9 heteroatoms. The Kier molecular flexibility index (Phi) is 7.26. The molecule has 7 aromatic rings. The van der Waals surface area contributed by atoms with E-state index in [1.165, 1.54) is 50.1 Å². The van der Waals surface area contributed by atoms with Crippen LogP contribution in [0.25, 0.3) is 22.1 Å². The number of hydrogen-bond acceptors (Lipinski definition) is 5. The topological polar surface area (TPSA) is 59.5 Å². The summed E-state index contributed by atoms with van der Waals surface area (Å²) in [4.78, 5) is 8.38. The van der Waals surface area contributed by atoms with Gasteiger partial charge in [-0.25, -0.2) is 4.57 Å². The molecule has 2 N–H and O–H groups in total. The minimum absolute atomic E-state index is 0.195. The molecule has 1 unspecified atom stereocenters. The molecular weight excluding hydrogens is 698 g/mol. The molecule has 4 aromatic carbocycles. The highest BCUT2D eigenvalue weighted by Gasteiger charge is 2.38. The van der Waals surface area contributed by atoms with Crippen molar-refractivity contribution in [1.29, 1.82) is 0 Å². The number of H-pyrrole nitrogens is 1. The van der Waals surface area contributed by atoms with Crippen molar-refractivity contribution in [3.8, 4) is 0 Å². The van der Waals surface area contributed by atoms with Gasteiger partial charge in [0.25, 0.3) is 5.65 Å². The quantitative estimate of drug-likeness (QED) is 0.136. The van der Waals surface area contributed by atoms with Crippen LogP contribution in [-0.2, 0) is 14.1 Å². The molecule has 0 saturated carbocycles. The first-order valence-corrected chi connectivity index (χ1v) is 20.3. The molecule has 0 amide bonds. The summed E-state index contributed by atoms with van der Waals surface area (Å²) in [6.07, 6.45) is 16.5. The summed E-state index contributed by atoms with van der Waals surface area (Å²) in [7, 11) is 5.45. The molecule has 11 rings (SSSR count). The second-order valence-corrected chi connectivity index (χ2v) is 16.9. The zero-order valence-corrected chi connectivity index (χ0v) is 32.0. The SMILES string of the molecule is CN1C2=C(CC(c3cn(C)c4c3[nH]c[n+]4C)C=C2)N(c2cc3c4c(ccc3o2)Nc2ccccc2N4P(c2ccccc2)c2ccccc2)C2=C1CCC=C2. The fraction of sp³-hybridized carbons (Fsp3) is 0.152. The Morgan fingerprint density at radius 2 is 1.58 bits per heavy atom. The maximum atomic E-state index is 7.07. The minimum Gasteiger partial charge on any atom is -0.440 e. The lowest BCUT2D eigenvalue weighted by molar-refractivity contribution is -0.647. The van der Waals surface area contributed by atoms with Crippen molar-refractivity contribution in [2.75, 3.05) is 21.9 Å². The zero-order valence-electron chi connectivity index (χ0n) is 31.1. The number of anilines is 5. The number of fused-ring (bicyclic) bond motifs is 5. The first-order valence-electron chi connectivity index (χ1n) is 19.0. The van der Waals surface area contributed by atoms with E-state index < -0.39 is 8.07 Å². The van der Waals surface area contributed by atoms with E-state index in [2.05, 4.69) is 189 Å². The van der Waals surface area contributed by atoms with Crippen LogP contribution in [0.5, 0.6) is 0 Å². The summed E-state index contributed by atoms with van der Waals surface area (Å²) >= 11 is 0. The molecule has 1 atom stereocenters. The summed E-state index contributed by atoms with van der Waals surface area (Å²) in [6, 6.07) is 37.2. The van der Waals surface area contributed by atoms with Gasteiger partial charge in [0.2, 0.25) is 5.88 Å². The average molecular weight is 739 g/mol. The van der Waals surface area contributed by atoms with E-state index in [-0.39, 0.29) is 5.92 Å². The van der Waals surface area contributed by atoms with Crippen molar-refractivity contribution in [3.05, 3.63) is 168 Å². The van der Waals surface area contributed by atoms with Gasteiger partial charge in [0.05, 0.1) is 68.2 Å². The van der Waals surface area contributed by atoms with Gasteiger partial charge in [-0.05, 0) is 49.3 Å². The van der Waals surface area contributed by atoms with E-state index in [0.29, 0.717) is 0 Å². The van der Waals surface area contributed by atoms with Crippen molar-refractivity contribution in [2.24, 2.45) is 14.1 Å². The van der Waals surface area contributed by atoms with Crippen molar-refractivity contribution in [3.63, 3.8) is 0 Å². The molecule has 2 aliphatic carbocycles. The third-order valence-electron chi connectivity index (χ3n) is 11.6. The molecule has 5 heterocycles. The number of likely N-dealkylation sites (N-methyl/N-ethyl adjacent to an activating group) is 1. The Hall–Kier alpha value is -6.24. The summed E-state index contributed by atoms with van der Waals surface area (Å²) in [6.45, 7) is 0. The number of para-hydroxylation sites is 2. The Morgan fingerprint density at radius 1 is 0.818 bits per heavy atom. The minimum atomic E-state index is -1.01. The fourth-order valence-corrected chi connectivity index (χ4v) is 11.6. The normalized spacial score (nSPS) is 17.6. The van der Waals surface area contributed by atoms with Crippen LogP contribution in [0.4, 0.5) is 28.6 Å². The lowest BCUT2D eigenvalue weighted by Crippen LogP contribution is -2.37. The van der Waals surface area contributed by atoms with E-state index in [9.17, 15) is 0 Å². The summed E-state index contributed by atoms with van der Waals surface area (Å²) in [5.74, 6) is 1.03. The van der Waals surface area contributed by atoms with Crippen molar-refractivity contribution in [2.45, 2.75) is 25.2 Å². The third kappa shape index (κ3) is 4.91. The fourth-order valence-electron chi connectivity index (χ4n) is 9.13. The molecule has 0 spiro atoms. The molecule has 0 saturated heterocycles. The molecule has 0 fully saturated rings. The van der Waals surface area contributed by atoms with Crippen LogP contribution in [0.2, 0.25) is 0 Å². The van der Waals surface area contributed by atoms with E-state index in [4.69, 9.17) is 4.42 Å². The van der Waals surface area contributed by atoms with Crippen LogP contribution in [0.1, 0.15) is 30.7 Å². The molecular formula is C46H41N7OP+. The Morgan fingerprint density at radius 3 is 2.38 bits per heavy atom. The monoisotopic (exact) mass is 738 g/mol. The van der Waals surface area contributed by atoms with E-state index >= 15 is 0 Å². The number of aryl methyl sites for hydroxylation is 2. The van der Waals surface area contributed by atoms with Gasteiger partial charge in [-0.3, -0.25) is 14.5 Å². The van der Waals surface area contributed by atoms with Gasteiger partial charge in [-0.2, -0.15) is 0 Å². The molecule has 2 aliphatic heterocycles. The van der Waals surface area contributed by atoms with Crippen LogP contribution < -0.4 is 30.1 Å². The Bertz CT molecular complexity index is 2750. The first kappa shape index (κ1) is 32.2. The van der Waals surface area contributed by atoms with Crippen molar-refractivity contribution >= 4 is 69.4 Å². The van der Waals surface area contributed by atoms with Crippen molar-refractivity contribution < 1.29 is 8.98 Å².